The monoisotopic (exact) mass is 267 g/mol. The van der Waals surface area contributed by atoms with Crippen molar-refractivity contribution >= 4 is 0 Å². The van der Waals surface area contributed by atoms with Crippen molar-refractivity contribution in [1.29, 1.82) is 0 Å². The van der Waals surface area contributed by atoms with E-state index in [1.54, 1.807) is 0 Å². The first kappa shape index (κ1) is 14.4. The van der Waals surface area contributed by atoms with Crippen LogP contribution in [0.2, 0.25) is 0 Å². The van der Waals surface area contributed by atoms with Gasteiger partial charge in [-0.25, -0.2) is 0 Å². The Morgan fingerprint density at radius 3 is 2.58 bits per heavy atom. The summed E-state index contributed by atoms with van der Waals surface area (Å²) in [7, 11) is 1.51. The highest BCUT2D eigenvalue weighted by atomic mass is 16.7. The molecule has 0 aromatic heterocycles. The SMILES string of the molecule is COC1C(OCc2ccccc2)[C@H](N)C(C)O[C@H]1O. The fourth-order valence-electron chi connectivity index (χ4n) is 2.26. The Hall–Kier alpha value is -0.980. The van der Waals surface area contributed by atoms with E-state index in [4.69, 9.17) is 19.9 Å². The van der Waals surface area contributed by atoms with Gasteiger partial charge in [-0.1, -0.05) is 30.3 Å². The zero-order chi connectivity index (χ0) is 13.8. The van der Waals surface area contributed by atoms with Gasteiger partial charge in [-0.2, -0.15) is 0 Å². The van der Waals surface area contributed by atoms with E-state index in [0.717, 1.165) is 5.56 Å². The molecule has 0 aliphatic carbocycles. The van der Waals surface area contributed by atoms with Crippen LogP contribution >= 0.6 is 0 Å². The molecule has 1 aliphatic rings. The van der Waals surface area contributed by atoms with E-state index in [1.807, 2.05) is 37.3 Å². The Bertz CT molecular complexity index is 386. The third kappa shape index (κ3) is 3.32. The topological polar surface area (TPSA) is 73.9 Å². The summed E-state index contributed by atoms with van der Waals surface area (Å²) >= 11 is 0. The summed E-state index contributed by atoms with van der Waals surface area (Å²) in [6.07, 6.45) is -2.26. The summed E-state index contributed by atoms with van der Waals surface area (Å²) in [5.74, 6) is 0. The minimum atomic E-state index is -1.01. The van der Waals surface area contributed by atoms with Crippen molar-refractivity contribution < 1.29 is 19.3 Å². The number of hydrogen-bond acceptors (Lipinski definition) is 5. The molecule has 2 rings (SSSR count). The third-order valence-corrected chi connectivity index (χ3v) is 3.44. The molecule has 1 heterocycles. The molecule has 0 radical (unpaired) electrons. The molecule has 5 heteroatoms. The molecule has 1 aromatic rings. The molecule has 5 nitrogen and oxygen atoms in total. The van der Waals surface area contributed by atoms with Crippen molar-refractivity contribution in [3.8, 4) is 0 Å². The van der Waals surface area contributed by atoms with Crippen LogP contribution in [0, 0.1) is 0 Å². The van der Waals surface area contributed by atoms with Gasteiger partial charge in [-0.3, -0.25) is 0 Å². The van der Waals surface area contributed by atoms with Crippen molar-refractivity contribution in [1.82, 2.24) is 0 Å². The van der Waals surface area contributed by atoms with Gasteiger partial charge in [-0.05, 0) is 12.5 Å². The van der Waals surface area contributed by atoms with Crippen molar-refractivity contribution in [2.45, 2.75) is 44.2 Å². The molecular weight excluding hydrogens is 246 g/mol. The van der Waals surface area contributed by atoms with E-state index < -0.39 is 18.5 Å². The first-order valence-electron chi connectivity index (χ1n) is 6.41. The van der Waals surface area contributed by atoms with E-state index >= 15 is 0 Å². The highest BCUT2D eigenvalue weighted by molar-refractivity contribution is 5.13. The number of methoxy groups -OCH3 is 1. The van der Waals surface area contributed by atoms with Gasteiger partial charge < -0.3 is 25.1 Å². The van der Waals surface area contributed by atoms with Crippen LogP contribution in [0.15, 0.2) is 30.3 Å². The number of rotatable bonds is 4. The molecule has 0 bridgehead atoms. The Morgan fingerprint density at radius 1 is 1.26 bits per heavy atom. The van der Waals surface area contributed by atoms with Crippen LogP contribution in [0.1, 0.15) is 12.5 Å². The first-order chi connectivity index (χ1) is 9.13. The average molecular weight is 267 g/mol. The second kappa shape index (κ2) is 6.45. The van der Waals surface area contributed by atoms with Gasteiger partial charge in [0.25, 0.3) is 0 Å². The molecule has 1 saturated heterocycles. The highest BCUT2D eigenvalue weighted by Crippen LogP contribution is 2.23. The van der Waals surface area contributed by atoms with E-state index in [9.17, 15) is 5.11 Å². The molecule has 0 spiro atoms. The van der Waals surface area contributed by atoms with Crippen molar-refractivity contribution in [2.75, 3.05) is 7.11 Å². The smallest absolute Gasteiger partial charge is 0.184 e. The second-order valence-electron chi connectivity index (χ2n) is 4.77. The van der Waals surface area contributed by atoms with Gasteiger partial charge in [0.15, 0.2) is 6.29 Å². The number of aliphatic hydroxyl groups is 1. The zero-order valence-corrected chi connectivity index (χ0v) is 11.2. The number of ether oxygens (including phenoxy) is 3. The Morgan fingerprint density at radius 2 is 1.95 bits per heavy atom. The summed E-state index contributed by atoms with van der Waals surface area (Å²) in [5.41, 5.74) is 7.13. The lowest BCUT2D eigenvalue weighted by molar-refractivity contribution is -0.266. The maximum absolute atomic E-state index is 9.84. The molecular formula is C14H21NO4. The fourth-order valence-corrected chi connectivity index (χ4v) is 2.26. The van der Waals surface area contributed by atoms with Gasteiger partial charge in [0.1, 0.15) is 12.2 Å². The summed E-state index contributed by atoms with van der Waals surface area (Å²) in [5, 5.41) is 9.84. The largest absolute Gasteiger partial charge is 0.373 e. The summed E-state index contributed by atoms with van der Waals surface area (Å²) in [6, 6.07) is 9.48. The fraction of sp³-hybridized carbons (Fsp3) is 0.571. The lowest BCUT2D eigenvalue weighted by Crippen LogP contribution is -2.61. The number of aliphatic hydroxyl groups excluding tert-OH is 1. The second-order valence-corrected chi connectivity index (χ2v) is 4.77. The van der Waals surface area contributed by atoms with E-state index in [0.29, 0.717) is 6.61 Å². The van der Waals surface area contributed by atoms with Crippen LogP contribution < -0.4 is 5.73 Å². The number of benzene rings is 1. The molecule has 5 atom stereocenters. The molecule has 3 unspecified atom stereocenters. The average Bonchev–Trinajstić information content (AvgIpc) is 2.42. The first-order valence-corrected chi connectivity index (χ1v) is 6.41. The van der Waals surface area contributed by atoms with E-state index in [1.165, 1.54) is 7.11 Å². The quantitative estimate of drug-likeness (QED) is 0.838. The third-order valence-electron chi connectivity index (χ3n) is 3.44. The van der Waals surface area contributed by atoms with E-state index in [-0.39, 0.29) is 12.1 Å². The number of nitrogens with two attached hydrogens (primary N) is 1. The molecule has 0 saturated carbocycles. The number of hydrogen-bond donors (Lipinski definition) is 2. The van der Waals surface area contributed by atoms with Crippen molar-refractivity contribution in [3.63, 3.8) is 0 Å². The standard InChI is InChI=1S/C14H21NO4/c1-9-11(15)12(13(17-2)14(16)19-9)18-8-10-6-4-3-5-7-10/h3-7,9,11-14,16H,8,15H2,1-2H3/t9?,11-,12?,13?,14-/m1/s1. The van der Waals surface area contributed by atoms with Crippen LogP contribution in [0.4, 0.5) is 0 Å². The van der Waals surface area contributed by atoms with Gasteiger partial charge in [0, 0.05) is 7.11 Å². The normalized spacial score (nSPS) is 35.3. The van der Waals surface area contributed by atoms with Gasteiger partial charge in [0.05, 0.1) is 18.8 Å². The Balaban J connectivity index is 2.02. The predicted molar refractivity (Wildman–Crippen MR) is 70.3 cm³/mol. The molecule has 1 aliphatic heterocycles. The zero-order valence-electron chi connectivity index (χ0n) is 11.2. The Labute approximate surface area is 113 Å². The van der Waals surface area contributed by atoms with Gasteiger partial charge >= 0.3 is 0 Å². The van der Waals surface area contributed by atoms with Gasteiger partial charge in [-0.15, -0.1) is 0 Å². The summed E-state index contributed by atoms with van der Waals surface area (Å²) < 4.78 is 16.4. The minimum Gasteiger partial charge on any atom is -0.373 e. The molecule has 1 aromatic carbocycles. The van der Waals surface area contributed by atoms with Crippen molar-refractivity contribution in [2.24, 2.45) is 5.73 Å². The maximum Gasteiger partial charge on any atom is 0.184 e. The lowest BCUT2D eigenvalue weighted by atomic mass is 9.97. The molecule has 3 N–H and O–H groups in total. The highest BCUT2D eigenvalue weighted by Gasteiger charge is 2.43. The minimum absolute atomic E-state index is 0.276. The summed E-state index contributed by atoms with van der Waals surface area (Å²) in [6.45, 7) is 2.25. The van der Waals surface area contributed by atoms with Gasteiger partial charge in [0.2, 0.25) is 0 Å². The molecule has 106 valence electrons. The molecule has 19 heavy (non-hydrogen) atoms. The van der Waals surface area contributed by atoms with E-state index in [2.05, 4.69) is 0 Å². The summed E-state index contributed by atoms with van der Waals surface area (Å²) in [4.78, 5) is 0. The molecule has 1 fully saturated rings. The molecule has 0 amide bonds. The maximum atomic E-state index is 9.84. The Kier molecular flexibility index (Phi) is 4.90. The van der Waals surface area contributed by atoms with Crippen LogP contribution in [-0.4, -0.2) is 42.9 Å². The lowest BCUT2D eigenvalue weighted by Gasteiger charge is -2.41. The van der Waals surface area contributed by atoms with Crippen molar-refractivity contribution in [3.05, 3.63) is 35.9 Å². The van der Waals surface area contributed by atoms with Crippen LogP contribution in [0.3, 0.4) is 0 Å². The predicted octanol–water partition coefficient (Wildman–Crippen LogP) is 0.651. The van der Waals surface area contributed by atoms with Crippen LogP contribution in [0.5, 0.6) is 0 Å². The van der Waals surface area contributed by atoms with Crippen LogP contribution in [-0.2, 0) is 20.8 Å². The van der Waals surface area contributed by atoms with Crippen LogP contribution in [0.25, 0.3) is 0 Å².